The number of carboxylic acid groups (broad SMARTS) is 1. The van der Waals surface area contributed by atoms with Crippen LogP contribution in [0.5, 0.6) is 0 Å². The summed E-state index contributed by atoms with van der Waals surface area (Å²) in [6.07, 6.45) is 3.16. The third-order valence-corrected chi connectivity index (χ3v) is 7.62. The van der Waals surface area contributed by atoms with Crippen molar-refractivity contribution in [2.75, 3.05) is 0 Å². The molecule has 0 aliphatic rings. The van der Waals surface area contributed by atoms with Crippen molar-refractivity contribution in [3.8, 4) is 17.3 Å². The number of aromatic amines is 1. The maximum atomic E-state index is 13.2. The third kappa shape index (κ3) is 9.53. The molecule has 0 radical (unpaired) electrons. The zero-order chi connectivity index (χ0) is 34.0. The van der Waals surface area contributed by atoms with E-state index in [4.69, 9.17) is 9.90 Å². The van der Waals surface area contributed by atoms with Crippen molar-refractivity contribution in [2.45, 2.75) is 64.2 Å². The molecule has 9 nitrogen and oxygen atoms in total. The van der Waals surface area contributed by atoms with Gasteiger partial charge in [-0.1, -0.05) is 56.2 Å². The molecule has 47 heavy (non-hydrogen) atoms. The number of imidazole rings is 1. The number of alkyl halides is 3. The van der Waals surface area contributed by atoms with Gasteiger partial charge in [-0.2, -0.15) is 18.4 Å². The molecule has 0 spiro atoms. The summed E-state index contributed by atoms with van der Waals surface area (Å²) in [4.78, 5) is 41.9. The summed E-state index contributed by atoms with van der Waals surface area (Å²) >= 11 is 0. The summed E-state index contributed by atoms with van der Waals surface area (Å²) in [5.41, 5.74) is 3.44. The Morgan fingerprint density at radius 2 is 1.74 bits per heavy atom. The Morgan fingerprint density at radius 1 is 1.00 bits per heavy atom. The van der Waals surface area contributed by atoms with Gasteiger partial charge in [0.05, 0.1) is 29.6 Å². The van der Waals surface area contributed by atoms with E-state index in [-0.39, 0.29) is 24.3 Å². The first-order chi connectivity index (χ1) is 22.5. The number of aliphatic carboxylic acids is 1. The zero-order valence-corrected chi connectivity index (χ0v) is 25.7. The summed E-state index contributed by atoms with van der Waals surface area (Å²) in [6.45, 7) is 2.06. The Kier molecular flexibility index (Phi) is 11.5. The van der Waals surface area contributed by atoms with E-state index in [1.807, 2.05) is 54.2 Å². The minimum Gasteiger partial charge on any atom is -0.475 e. The van der Waals surface area contributed by atoms with Crippen LogP contribution in [0.1, 0.15) is 62.9 Å². The van der Waals surface area contributed by atoms with Gasteiger partial charge < -0.3 is 20.0 Å². The number of ketones is 1. The summed E-state index contributed by atoms with van der Waals surface area (Å²) < 4.78 is 33.6. The van der Waals surface area contributed by atoms with Crippen molar-refractivity contribution in [2.24, 2.45) is 0 Å². The first-order valence-electron chi connectivity index (χ1n) is 15.1. The molecular formula is C35H34F3N5O4. The average Bonchev–Trinajstić information content (AvgIpc) is 3.71. The SMILES string of the molecule is CCC(=O)CCCCC[C@H](NC(=O)Cn1ccc2cc(C#N)ccc21)c1ncc(-c2ccc3ccccc3c2)[nH]1.O=C(O)C(F)(F)F. The van der Waals surface area contributed by atoms with Gasteiger partial charge >= 0.3 is 12.1 Å². The number of carboxylic acids is 1. The lowest BCUT2D eigenvalue weighted by molar-refractivity contribution is -0.192. The Labute approximate surface area is 269 Å². The summed E-state index contributed by atoms with van der Waals surface area (Å²) in [5.74, 6) is -1.86. The fourth-order valence-corrected chi connectivity index (χ4v) is 5.12. The summed E-state index contributed by atoms with van der Waals surface area (Å²) in [5, 5.41) is 22.8. The number of rotatable bonds is 12. The number of H-pyrrole nitrogens is 1. The number of amides is 1. The van der Waals surface area contributed by atoms with Gasteiger partial charge in [-0.15, -0.1) is 0 Å². The Morgan fingerprint density at radius 3 is 2.45 bits per heavy atom. The molecule has 5 rings (SSSR count). The third-order valence-electron chi connectivity index (χ3n) is 7.62. The fraction of sp³-hybridized carbons (Fsp3) is 0.286. The number of carbonyl (C=O) groups is 3. The molecule has 244 valence electrons. The highest BCUT2D eigenvalue weighted by Gasteiger charge is 2.38. The number of carbonyl (C=O) groups excluding carboxylic acids is 2. The van der Waals surface area contributed by atoms with E-state index in [2.05, 4.69) is 51.7 Å². The van der Waals surface area contributed by atoms with Crippen LogP contribution in [-0.4, -0.2) is 43.5 Å². The van der Waals surface area contributed by atoms with E-state index in [0.29, 0.717) is 24.8 Å². The Hall–Kier alpha value is -5.44. The van der Waals surface area contributed by atoms with Gasteiger partial charge in [0, 0.05) is 35.5 Å². The molecule has 0 bridgehead atoms. The second-order valence-corrected chi connectivity index (χ2v) is 11.0. The van der Waals surface area contributed by atoms with Crippen LogP contribution in [0.25, 0.3) is 32.9 Å². The molecular weight excluding hydrogens is 611 g/mol. The lowest BCUT2D eigenvalue weighted by atomic mass is 10.0. The number of hydrogen-bond donors (Lipinski definition) is 3. The lowest BCUT2D eigenvalue weighted by Gasteiger charge is -2.17. The van der Waals surface area contributed by atoms with Crippen LogP contribution >= 0.6 is 0 Å². The first kappa shape index (κ1) is 34.4. The maximum Gasteiger partial charge on any atom is 0.490 e. The Balaban J connectivity index is 0.000000644. The molecule has 3 aromatic carbocycles. The van der Waals surface area contributed by atoms with Crippen molar-refractivity contribution in [1.82, 2.24) is 19.9 Å². The summed E-state index contributed by atoms with van der Waals surface area (Å²) in [7, 11) is 0. The number of Topliss-reactive ketones (excluding diaryl/α,β-unsaturated/α-hetero) is 1. The van der Waals surface area contributed by atoms with Crippen LogP contribution in [0.15, 0.2) is 79.1 Å². The van der Waals surface area contributed by atoms with Crippen LogP contribution in [0.2, 0.25) is 0 Å². The van der Waals surface area contributed by atoms with Crippen molar-refractivity contribution < 1.29 is 32.7 Å². The molecule has 0 aliphatic heterocycles. The summed E-state index contributed by atoms with van der Waals surface area (Å²) in [6, 6.07) is 23.8. The molecule has 5 aromatic rings. The topological polar surface area (TPSA) is 141 Å². The highest BCUT2D eigenvalue weighted by molar-refractivity contribution is 5.87. The molecule has 12 heteroatoms. The van der Waals surface area contributed by atoms with E-state index in [1.54, 1.807) is 6.07 Å². The monoisotopic (exact) mass is 645 g/mol. The van der Waals surface area contributed by atoms with Gasteiger partial charge in [-0.25, -0.2) is 9.78 Å². The van der Waals surface area contributed by atoms with Crippen LogP contribution < -0.4 is 5.32 Å². The smallest absolute Gasteiger partial charge is 0.475 e. The minimum absolute atomic E-state index is 0.114. The Bertz CT molecular complexity index is 1900. The molecule has 0 unspecified atom stereocenters. The van der Waals surface area contributed by atoms with Gasteiger partial charge in [-0.3, -0.25) is 9.59 Å². The molecule has 0 fully saturated rings. The highest BCUT2D eigenvalue weighted by atomic mass is 19.4. The predicted octanol–water partition coefficient (Wildman–Crippen LogP) is 7.48. The van der Waals surface area contributed by atoms with Gasteiger partial charge in [0.15, 0.2) is 0 Å². The number of unbranched alkanes of at least 4 members (excludes halogenated alkanes) is 2. The second-order valence-electron chi connectivity index (χ2n) is 11.0. The van der Waals surface area contributed by atoms with Crippen molar-refractivity contribution in [3.63, 3.8) is 0 Å². The molecule has 0 saturated carbocycles. The quantitative estimate of drug-likeness (QED) is 0.120. The van der Waals surface area contributed by atoms with Crippen molar-refractivity contribution in [1.29, 1.82) is 5.26 Å². The van der Waals surface area contributed by atoms with E-state index in [1.165, 1.54) is 5.39 Å². The van der Waals surface area contributed by atoms with Crippen LogP contribution in [0.4, 0.5) is 13.2 Å². The number of benzene rings is 3. The van der Waals surface area contributed by atoms with Gasteiger partial charge in [0.25, 0.3) is 0 Å². The van der Waals surface area contributed by atoms with Gasteiger partial charge in [0.1, 0.15) is 18.2 Å². The standard InChI is InChI=1S/C33H33N5O2.C2HF3O2/c1-2-28(39)10-4-3-5-11-29(36-32(40)22-38-17-16-27-18-23(20-34)12-15-31(27)38)33-35-21-30(37-33)26-14-13-24-8-6-7-9-25(24)19-26;3-2(4,5)1(6)7/h6-9,12-19,21,29H,2-5,10-11,22H2,1H3,(H,35,37)(H,36,40);(H,6,7)/t29-;/m0./s1. The number of nitrogens with one attached hydrogen (secondary N) is 2. The van der Waals surface area contributed by atoms with E-state index < -0.39 is 12.1 Å². The average molecular weight is 646 g/mol. The zero-order valence-electron chi connectivity index (χ0n) is 25.7. The normalized spacial score (nSPS) is 11.8. The molecule has 2 heterocycles. The first-order valence-corrected chi connectivity index (χ1v) is 15.1. The molecule has 0 aliphatic carbocycles. The molecule has 0 saturated heterocycles. The number of nitriles is 1. The lowest BCUT2D eigenvalue weighted by Crippen LogP contribution is -2.32. The maximum absolute atomic E-state index is 13.2. The van der Waals surface area contributed by atoms with E-state index >= 15 is 0 Å². The van der Waals surface area contributed by atoms with Gasteiger partial charge in [0.2, 0.25) is 5.91 Å². The molecule has 1 amide bonds. The van der Waals surface area contributed by atoms with Gasteiger partial charge in [-0.05, 0) is 53.9 Å². The van der Waals surface area contributed by atoms with Crippen LogP contribution in [-0.2, 0) is 20.9 Å². The van der Waals surface area contributed by atoms with Crippen LogP contribution in [0, 0.1) is 11.3 Å². The second kappa shape index (κ2) is 15.7. The highest BCUT2D eigenvalue weighted by Crippen LogP contribution is 2.26. The number of fused-ring (bicyclic) bond motifs is 2. The fourth-order valence-electron chi connectivity index (χ4n) is 5.12. The van der Waals surface area contributed by atoms with E-state index in [9.17, 15) is 28.0 Å². The molecule has 3 N–H and O–H groups in total. The van der Waals surface area contributed by atoms with Crippen molar-refractivity contribution in [3.05, 3.63) is 90.5 Å². The predicted molar refractivity (Wildman–Crippen MR) is 171 cm³/mol. The number of halogens is 3. The molecule has 1 atom stereocenters. The number of nitrogens with zero attached hydrogens (tertiary/aromatic N) is 3. The number of hydrogen-bond acceptors (Lipinski definition) is 5. The minimum atomic E-state index is -5.08. The number of aromatic nitrogens is 3. The van der Waals surface area contributed by atoms with Crippen molar-refractivity contribution >= 4 is 39.3 Å². The molecule has 2 aromatic heterocycles. The largest absolute Gasteiger partial charge is 0.490 e. The van der Waals surface area contributed by atoms with E-state index in [0.717, 1.165) is 52.6 Å². The van der Waals surface area contributed by atoms with Crippen LogP contribution in [0.3, 0.4) is 0 Å².